The van der Waals surface area contributed by atoms with Crippen LogP contribution >= 0.6 is 15.9 Å². The number of sulfonamides is 1. The molecule has 3 atom stereocenters. The lowest BCUT2D eigenvalue weighted by Gasteiger charge is -2.29. The van der Waals surface area contributed by atoms with Crippen LogP contribution < -0.4 is 5.73 Å². The van der Waals surface area contributed by atoms with Gasteiger partial charge in [0.15, 0.2) is 0 Å². The molecule has 3 unspecified atom stereocenters. The summed E-state index contributed by atoms with van der Waals surface area (Å²) in [5.74, 6) is 0.747. The van der Waals surface area contributed by atoms with Gasteiger partial charge in [-0.15, -0.1) is 0 Å². The van der Waals surface area contributed by atoms with Gasteiger partial charge in [-0.2, -0.15) is 4.31 Å². The first-order valence-corrected chi connectivity index (χ1v) is 9.65. The summed E-state index contributed by atoms with van der Waals surface area (Å²) < 4.78 is 28.3. The molecule has 0 radical (unpaired) electrons. The van der Waals surface area contributed by atoms with Gasteiger partial charge in [-0.1, -0.05) is 28.4 Å². The average Bonchev–Trinajstić information content (AvgIpc) is 2.88. The van der Waals surface area contributed by atoms with Gasteiger partial charge in [-0.3, -0.25) is 0 Å². The van der Waals surface area contributed by atoms with Crippen molar-refractivity contribution >= 4 is 26.0 Å². The Morgan fingerprint density at radius 3 is 2.76 bits per heavy atom. The molecule has 0 aromatic heterocycles. The maximum atomic E-state index is 12.9. The zero-order valence-corrected chi connectivity index (χ0v) is 14.5. The van der Waals surface area contributed by atoms with Gasteiger partial charge < -0.3 is 5.73 Å². The maximum absolute atomic E-state index is 12.9. The molecule has 1 aliphatic heterocycles. The van der Waals surface area contributed by atoms with Gasteiger partial charge in [-0.25, -0.2) is 8.42 Å². The van der Waals surface area contributed by atoms with Crippen LogP contribution in [0.15, 0.2) is 27.6 Å². The van der Waals surface area contributed by atoms with Crippen LogP contribution in [0.3, 0.4) is 0 Å². The second-order valence-corrected chi connectivity index (χ2v) is 9.07. The zero-order chi connectivity index (χ0) is 15.2. The molecule has 3 rings (SSSR count). The quantitative estimate of drug-likeness (QED) is 0.867. The van der Waals surface area contributed by atoms with E-state index < -0.39 is 10.0 Å². The molecule has 116 valence electrons. The van der Waals surface area contributed by atoms with Gasteiger partial charge in [0.25, 0.3) is 0 Å². The number of nitrogens with two attached hydrogens (primary N) is 1. The van der Waals surface area contributed by atoms with Crippen molar-refractivity contribution in [1.29, 1.82) is 0 Å². The van der Waals surface area contributed by atoms with E-state index in [1.54, 1.807) is 10.4 Å². The van der Waals surface area contributed by atoms with Crippen molar-refractivity contribution in [3.8, 4) is 0 Å². The average molecular weight is 373 g/mol. The van der Waals surface area contributed by atoms with Crippen molar-refractivity contribution < 1.29 is 8.42 Å². The predicted molar refractivity (Wildman–Crippen MR) is 86.4 cm³/mol. The van der Waals surface area contributed by atoms with E-state index >= 15 is 0 Å². The Kier molecular flexibility index (Phi) is 4.16. The smallest absolute Gasteiger partial charge is 0.243 e. The Labute approximate surface area is 134 Å². The van der Waals surface area contributed by atoms with Crippen molar-refractivity contribution in [1.82, 2.24) is 4.31 Å². The van der Waals surface area contributed by atoms with Crippen LogP contribution in [0, 0.1) is 18.8 Å². The van der Waals surface area contributed by atoms with Crippen LogP contribution in [0.25, 0.3) is 0 Å². The summed E-state index contributed by atoms with van der Waals surface area (Å²) >= 11 is 3.37. The Morgan fingerprint density at radius 1 is 1.29 bits per heavy atom. The first-order valence-electron chi connectivity index (χ1n) is 7.41. The third kappa shape index (κ3) is 2.79. The summed E-state index contributed by atoms with van der Waals surface area (Å²) in [6.07, 6.45) is 3.24. The number of nitrogens with zero attached hydrogens (tertiary/aromatic N) is 1. The highest BCUT2D eigenvalue weighted by Crippen LogP contribution is 2.38. The second-order valence-electron chi connectivity index (χ2n) is 6.25. The second kappa shape index (κ2) is 5.65. The van der Waals surface area contributed by atoms with Crippen molar-refractivity contribution in [2.45, 2.75) is 37.1 Å². The van der Waals surface area contributed by atoms with Crippen LogP contribution in [0.5, 0.6) is 0 Å². The number of halogens is 1. The van der Waals surface area contributed by atoms with E-state index in [9.17, 15) is 8.42 Å². The molecule has 1 saturated carbocycles. The lowest BCUT2D eigenvalue weighted by molar-refractivity contribution is 0.260. The molecule has 2 aliphatic rings. The molecule has 21 heavy (non-hydrogen) atoms. The molecule has 2 fully saturated rings. The van der Waals surface area contributed by atoms with E-state index in [4.69, 9.17) is 5.73 Å². The normalized spacial score (nSPS) is 30.3. The minimum Gasteiger partial charge on any atom is -0.327 e. The molecule has 1 aliphatic carbocycles. The number of benzene rings is 1. The van der Waals surface area contributed by atoms with Gasteiger partial charge >= 0.3 is 0 Å². The molecule has 1 aromatic rings. The minimum absolute atomic E-state index is 0.146. The number of fused-ring (bicyclic) bond motifs is 1. The fraction of sp³-hybridized carbons (Fsp3) is 0.600. The van der Waals surface area contributed by atoms with Crippen LogP contribution in [0.2, 0.25) is 0 Å². The molecular weight excluding hydrogens is 352 g/mol. The van der Waals surface area contributed by atoms with Crippen molar-refractivity contribution in [3.63, 3.8) is 0 Å². The number of hydrogen-bond donors (Lipinski definition) is 1. The molecule has 6 heteroatoms. The Bertz CT molecular complexity index is 647. The van der Waals surface area contributed by atoms with Crippen molar-refractivity contribution in [2.24, 2.45) is 17.6 Å². The van der Waals surface area contributed by atoms with E-state index in [-0.39, 0.29) is 6.04 Å². The van der Waals surface area contributed by atoms with Crippen LogP contribution in [-0.4, -0.2) is 31.9 Å². The highest BCUT2D eigenvalue weighted by atomic mass is 79.9. The van der Waals surface area contributed by atoms with Crippen molar-refractivity contribution in [2.75, 3.05) is 13.1 Å². The predicted octanol–water partition coefficient (Wildman–Crippen LogP) is 2.51. The van der Waals surface area contributed by atoms with Crippen LogP contribution in [0.4, 0.5) is 0 Å². The molecule has 0 bridgehead atoms. The Hall–Kier alpha value is -0.430. The molecule has 0 spiro atoms. The summed E-state index contributed by atoms with van der Waals surface area (Å²) in [5, 5.41) is 0. The van der Waals surface area contributed by atoms with Gasteiger partial charge in [0, 0.05) is 23.6 Å². The monoisotopic (exact) mass is 372 g/mol. The molecule has 0 amide bonds. The molecule has 1 aromatic carbocycles. The number of aryl methyl sites for hydroxylation is 1. The van der Waals surface area contributed by atoms with Crippen molar-refractivity contribution in [3.05, 3.63) is 28.2 Å². The minimum atomic E-state index is -3.43. The fourth-order valence-corrected chi connectivity index (χ4v) is 5.96. The molecule has 1 heterocycles. The first-order chi connectivity index (χ1) is 9.89. The third-order valence-corrected chi connectivity index (χ3v) is 7.36. The van der Waals surface area contributed by atoms with Crippen LogP contribution in [-0.2, 0) is 10.0 Å². The van der Waals surface area contributed by atoms with Gasteiger partial charge in [0.2, 0.25) is 10.0 Å². The van der Waals surface area contributed by atoms with E-state index in [0.717, 1.165) is 29.3 Å². The van der Waals surface area contributed by atoms with Gasteiger partial charge in [0.1, 0.15) is 0 Å². The zero-order valence-electron chi connectivity index (χ0n) is 12.1. The standard InChI is InChI=1S/C15H21BrN2O2S/c1-10-5-6-12(16)7-15(10)21(19,20)18-8-11-3-2-4-14(17)13(11)9-18/h5-7,11,13-14H,2-4,8-9,17H2,1H3. The maximum Gasteiger partial charge on any atom is 0.243 e. The fourth-order valence-electron chi connectivity index (χ4n) is 3.66. The van der Waals surface area contributed by atoms with E-state index in [0.29, 0.717) is 29.8 Å². The van der Waals surface area contributed by atoms with Gasteiger partial charge in [0.05, 0.1) is 4.90 Å². The Morgan fingerprint density at radius 2 is 2.05 bits per heavy atom. The molecule has 1 saturated heterocycles. The SMILES string of the molecule is Cc1ccc(Br)cc1S(=O)(=O)N1CC2CCCC(N)C2C1. The van der Waals surface area contributed by atoms with E-state index in [1.807, 2.05) is 19.1 Å². The summed E-state index contributed by atoms with van der Waals surface area (Å²) in [6.45, 7) is 3.03. The van der Waals surface area contributed by atoms with Crippen LogP contribution in [0.1, 0.15) is 24.8 Å². The first kappa shape index (κ1) is 15.5. The molecule has 2 N–H and O–H groups in total. The highest BCUT2D eigenvalue weighted by Gasteiger charge is 2.43. The number of rotatable bonds is 2. The van der Waals surface area contributed by atoms with Gasteiger partial charge in [-0.05, 0) is 49.3 Å². The third-order valence-electron chi connectivity index (χ3n) is 4.89. The van der Waals surface area contributed by atoms with E-state index in [2.05, 4.69) is 15.9 Å². The lowest BCUT2D eigenvalue weighted by Crippen LogP contribution is -2.38. The summed E-state index contributed by atoms with van der Waals surface area (Å²) in [4.78, 5) is 0.407. The largest absolute Gasteiger partial charge is 0.327 e. The number of hydrogen-bond acceptors (Lipinski definition) is 3. The lowest BCUT2D eigenvalue weighted by atomic mass is 9.78. The molecule has 4 nitrogen and oxygen atoms in total. The topological polar surface area (TPSA) is 63.4 Å². The summed E-state index contributed by atoms with van der Waals surface area (Å²) in [6, 6.07) is 5.56. The summed E-state index contributed by atoms with van der Waals surface area (Å²) in [7, 11) is -3.43. The Balaban J connectivity index is 1.91. The molecular formula is C15H21BrN2O2S. The summed E-state index contributed by atoms with van der Waals surface area (Å²) in [5.41, 5.74) is 6.98. The van der Waals surface area contributed by atoms with E-state index in [1.165, 1.54) is 0 Å². The highest BCUT2D eigenvalue weighted by molar-refractivity contribution is 9.10.